The van der Waals surface area contributed by atoms with Crippen LogP contribution in [0.4, 0.5) is 0 Å². The number of rotatable bonds is 10. The number of imidazole rings is 1. The second kappa shape index (κ2) is 21.4. The Morgan fingerprint density at radius 3 is 1.80 bits per heavy atom. The molecule has 9 heteroatoms. The third kappa shape index (κ3) is 10.3. The van der Waals surface area contributed by atoms with E-state index in [2.05, 4.69) is 217 Å². The van der Waals surface area contributed by atoms with Gasteiger partial charge in [-0.3, -0.25) is 14.8 Å². The first-order valence-electron chi connectivity index (χ1n) is 25.4. The van der Waals surface area contributed by atoms with E-state index < -0.39 is 14.0 Å². The number of carboxylic acids is 1. The maximum absolute atomic E-state index is 10.8. The van der Waals surface area contributed by atoms with Gasteiger partial charge < -0.3 is 19.1 Å². The molecule has 0 unspecified atom stereocenters. The maximum atomic E-state index is 10.8. The van der Waals surface area contributed by atoms with Crippen LogP contribution in [0.15, 0.2) is 168 Å². The van der Waals surface area contributed by atoms with Gasteiger partial charge in [-0.25, -0.2) is 0 Å². The van der Waals surface area contributed by atoms with Crippen LogP contribution in [0, 0.1) is 32.9 Å². The fourth-order valence-electron chi connectivity index (χ4n) is 9.86. The Kier molecular flexibility index (Phi) is 14.9. The molecular formula is C66H60IrN4O3Si-2. The molecule has 4 aromatic heterocycles. The molecule has 1 N–H and O–H groups in total. The number of carboxylic acid groups (broad SMARTS) is 1. The molecule has 0 atom stereocenters. The largest absolute Gasteiger partial charge is 0.501 e. The Morgan fingerprint density at radius 1 is 0.640 bits per heavy atom. The molecule has 0 saturated heterocycles. The zero-order valence-corrected chi connectivity index (χ0v) is 47.5. The second-order valence-corrected chi connectivity index (χ2v) is 26.0. The fourth-order valence-corrected chi connectivity index (χ4v) is 10.9. The predicted octanol–water partition coefficient (Wildman–Crippen LogP) is 16.7. The zero-order chi connectivity index (χ0) is 52.0. The Morgan fingerprint density at radius 2 is 1.24 bits per heavy atom. The summed E-state index contributed by atoms with van der Waals surface area (Å²) in [6, 6.07) is 60.8. The van der Waals surface area contributed by atoms with Crippen molar-refractivity contribution in [2.75, 3.05) is 0 Å². The smallest absolute Gasteiger partial charge is 0.292 e. The zero-order valence-electron chi connectivity index (χ0n) is 44.1. The number of carbonyl (C=O) groups is 1. The average molecular weight is 1180 g/mol. The molecule has 0 amide bonds. The van der Waals surface area contributed by atoms with Crippen LogP contribution >= 0.6 is 0 Å². The number of hydrogen-bond donors (Lipinski definition) is 1. The van der Waals surface area contributed by atoms with E-state index in [1.165, 1.54) is 44.6 Å². The molecule has 0 aliphatic carbocycles. The number of furan rings is 1. The third-order valence-electron chi connectivity index (χ3n) is 14.1. The molecule has 11 rings (SSSR count). The van der Waals surface area contributed by atoms with Crippen LogP contribution < -0.4 is 5.19 Å². The Labute approximate surface area is 454 Å². The van der Waals surface area contributed by atoms with Gasteiger partial charge in [-0.05, 0) is 117 Å². The molecule has 1 radical (unpaired) electrons. The number of aryl methyl sites for hydroxylation is 3. The molecule has 0 saturated carbocycles. The molecule has 4 heterocycles. The van der Waals surface area contributed by atoms with Crippen molar-refractivity contribution in [2.45, 2.75) is 79.9 Å². The molecule has 7 nitrogen and oxygen atoms in total. The Balaban J connectivity index is 0.000000291. The molecule has 11 aromatic rings. The minimum atomic E-state index is -1.33. The van der Waals surface area contributed by atoms with Crippen molar-refractivity contribution in [1.29, 1.82) is 0 Å². The molecule has 377 valence electrons. The average Bonchev–Trinajstić information content (AvgIpc) is 4.00. The van der Waals surface area contributed by atoms with Gasteiger partial charge in [0.1, 0.15) is 5.58 Å². The summed E-state index contributed by atoms with van der Waals surface area (Å²) in [5.41, 5.74) is 20.1. The second-order valence-electron chi connectivity index (χ2n) is 20.9. The number of aromatic carboxylic acids is 1. The van der Waals surface area contributed by atoms with Crippen molar-refractivity contribution in [3.05, 3.63) is 210 Å². The molecule has 0 aliphatic heterocycles. The van der Waals surface area contributed by atoms with E-state index in [0.717, 1.165) is 89.4 Å². The molecule has 0 fully saturated rings. The minimum absolute atomic E-state index is 0. The standard InChI is InChI=1S/C51H44N3O.C15H16NO2Si.Ir/c1-30(2)44-27-40(36-17-12-9-13-18-36)28-45(31(3)4)49(44)54-48-34(7)52-33(6)32(5)47(48)53-51(54)43-20-14-19-42-41-26-25-39(29-46(41)55-50(42)43)38-23-21-37(22-24-38)35-15-10-8-11-16-35;1-19(2,3)13-8-9-14(16-10-13)11-4-6-12(7-5-11)15(17)18;/h8-19,21-31H,1-7H3;4,6-10H,1-3H3,(H,17,18);/q2*-1;. The molecule has 7 aromatic carbocycles. The first-order chi connectivity index (χ1) is 35.5. The number of fused-ring (bicyclic) bond motifs is 4. The van der Waals surface area contributed by atoms with E-state index in [-0.39, 0.29) is 37.5 Å². The Bertz CT molecular complexity index is 3830. The van der Waals surface area contributed by atoms with Crippen molar-refractivity contribution < 1.29 is 34.4 Å². The van der Waals surface area contributed by atoms with E-state index in [1.807, 2.05) is 18.3 Å². The monoisotopic (exact) mass is 1180 g/mol. The van der Waals surface area contributed by atoms with Crippen LogP contribution in [0.5, 0.6) is 0 Å². The number of aromatic nitrogens is 4. The van der Waals surface area contributed by atoms with Crippen molar-refractivity contribution in [3.8, 4) is 61.7 Å². The summed E-state index contributed by atoms with van der Waals surface area (Å²) in [5.74, 6) is 0.357. The molecule has 75 heavy (non-hydrogen) atoms. The fraction of sp³-hybridized carbons (Fsp3) is 0.182. The quantitative estimate of drug-likeness (QED) is 0.108. The normalized spacial score (nSPS) is 11.6. The topological polar surface area (TPSA) is 94.0 Å². The van der Waals surface area contributed by atoms with Gasteiger partial charge in [0.15, 0.2) is 0 Å². The van der Waals surface area contributed by atoms with Gasteiger partial charge >= 0.3 is 0 Å². The van der Waals surface area contributed by atoms with Crippen LogP contribution in [-0.4, -0.2) is 38.7 Å². The van der Waals surface area contributed by atoms with Crippen LogP contribution in [0.3, 0.4) is 0 Å². The maximum Gasteiger partial charge on any atom is 0.292 e. The van der Waals surface area contributed by atoms with Gasteiger partial charge in [0.25, 0.3) is 5.97 Å². The van der Waals surface area contributed by atoms with Crippen LogP contribution in [0.25, 0.3) is 94.7 Å². The first-order valence-corrected chi connectivity index (χ1v) is 28.9. The molecule has 0 spiro atoms. The number of benzene rings is 7. The van der Waals surface area contributed by atoms with Gasteiger partial charge in [-0.2, -0.15) is 0 Å². The van der Waals surface area contributed by atoms with Crippen LogP contribution in [0.1, 0.15) is 78.0 Å². The van der Waals surface area contributed by atoms with E-state index in [1.54, 1.807) is 12.1 Å². The summed E-state index contributed by atoms with van der Waals surface area (Å²) in [6.07, 6.45) is 1.92. The van der Waals surface area contributed by atoms with Crippen molar-refractivity contribution in [3.63, 3.8) is 0 Å². The number of pyridine rings is 2. The number of nitrogens with zero attached hydrogens (tertiary/aromatic N) is 4. The summed E-state index contributed by atoms with van der Waals surface area (Å²) in [4.78, 5) is 25.8. The van der Waals surface area contributed by atoms with E-state index in [0.29, 0.717) is 0 Å². The summed E-state index contributed by atoms with van der Waals surface area (Å²) < 4.78 is 9.27. The molecular weight excluding hydrogens is 1120 g/mol. The molecule has 0 bridgehead atoms. The van der Waals surface area contributed by atoms with E-state index >= 15 is 0 Å². The van der Waals surface area contributed by atoms with Gasteiger partial charge in [-0.15, -0.1) is 48.0 Å². The summed E-state index contributed by atoms with van der Waals surface area (Å²) in [7, 11) is -1.33. The van der Waals surface area contributed by atoms with E-state index in [9.17, 15) is 4.79 Å². The Hall–Kier alpha value is -7.55. The predicted molar refractivity (Wildman–Crippen MR) is 308 cm³/mol. The van der Waals surface area contributed by atoms with Gasteiger partial charge in [0, 0.05) is 43.1 Å². The van der Waals surface area contributed by atoms with Crippen LogP contribution in [0.2, 0.25) is 19.6 Å². The summed E-state index contributed by atoms with van der Waals surface area (Å²) in [5, 5.41) is 12.3. The van der Waals surface area contributed by atoms with Gasteiger partial charge in [0.05, 0.1) is 36.2 Å². The van der Waals surface area contributed by atoms with Crippen molar-refractivity contribution in [1.82, 2.24) is 19.5 Å². The SMILES string of the molecule is C[Si](C)(C)c1ccc(-c2[c-]cc(C(=O)O)cc2)nc1.Cc1nc(C)c2c(nc(-c3[c-]ccc4c3oc3cc(-c5ccc(-c6ccccc6)cc5)ccc34)n2-c2c(C(C)C)cc(-c3ccccc3)cc2C(C)C)c1C.[Ir]. The summed E-state index contributed by atoms with van der Waals surface area (Å²) >= 11 is 0. The molecule has 0 aliphatic rings. The minimum Gasteiger partial charge on any atom is -0.501 e. The van der Waals surface area contributed by atoms with Crippen molar-refractivity contribution in [2.24, 2.45) is 0 Å². The first kappa shape index (κ1) is 52.3. The van der Waals surface area contributed by atoms with E-state index in [4.69, 9.17) is 19.5 Å². The number of hydrogen-bond acceptors (Lipinski definition) is 5. The van der Waals surface area contributed by atoms with Crippen molar-refractivity contribution >= 4 is 52.2 Å². The van der Waals surface area contributed by atoms with Gasteiger partial charge in [-0.1, -0.05) is 167 Å². The van der Waals surface area contributed by atoms with Crippen LogP contribution in [-0.2, 0) is 20.1 Å². The van der Waals surface area contributed by atoms with Gasteiger partial charge in [0.2, 0.25) is 0 Å². The summed E-state index contributed by atoms with van der Waals surface area (Å²) in [6.45, 7) is 22.3. The third-order valence-corrected chi connectivity index (χ3v) is 16.2.